The third kappa shape index (κ3) is 3.63. The number of nitrogens with zero attached hydrogens (tertiary/aromatic N) is 1. The van der Waals surface area contributed by atoms with E-state index in [1.165, 1.54) is 12.8 Å². The van der Waals surface area contributed by atoms with Crippen LogP contribution < -0.4 is 4.74 Å². The summed E-state index contributed by atoms with van der Waals surface area (Å²) in [6.07, 6.45) is 4.56. The van der Waals surface area contributed by atoms with Crippen molar-refractivity contribution in [2.75, 3.05) is 20.2 Å². The topological polar surface area (TPSA) is 29.5 Å². The van der Waals surface area contributed by atoms with Crippen LogP contribution >= 0.6 is 11.6 Å². The van der Waals surface area contributed by atoms with Crippen LogP contribution in [0.3, 0.4) is 0 Å². The van der Waals surface area contributed by atoms with Crippen molar-refractivity contribution in [3.63, 3.8) is 0 Å². The Balaban J connectivity index is 2.08. The molecular weight excluding hydrogens is 262 g/mol. The Morgan fingerprint density at radius 2 is 1.95 bits per heavy atom. The molecule has 1 atom stereocenters. The Kier molecular flexibility index (Phi) is 5.08. The first-order chi connectivity index (χ1) is 9.22. The SMILES string of the molecule is COc1cccc(C(Cl)C(=O)N2CCCCCC2)c1. The van der Waals surface area contributed by atoms with Crippen molar-refractivity contribution >= 4 is 17.5 Å². The molecule has 1 fully saturated rings. The zero-order chi connectivity index (χ0) is 13.7. The Bertz CT molecular complexity index is 428. The van der Waals surface area contributed by atoms with Gasteiger partial charge in [0, 0.05) is 13.1 Å². The molecule has 0 aromatic heterocycles. The fourth-order valence-corrected chi connectivity index (χ4v) is 2.67. The molecular formula is C15H20ClNO2. The van der Waals surface area contributed by atoms with Crippen LogP contribution in [0, 0.1) is 0 Å². The van der Waals surface area contributed by atoms with Crippen LogP contribution in [0.1, 0.15) is 36.6 Å². The van der Waals surface area contributed by atoms with Crippen molar-refractivity contribution in [2.24, 2.45) is 0 Å². The van der Waals surface area contributed by atoms with Crippen LogP contribution in [-0.2, 0) is 4.79 Å². The highest BCUT2D eigenvalue weighted by Crippen LogP contribution is 2.27. The molecule has 0 bridgehead atoms. The summed E-state index contributed by atoms with van der Waals surface area (Å²) in [5.74, 6) is 0.739. The second-order valence-electron chi connectivity index (χ2n) is 4.88. The molecule has 1 aliphatic rings. The molecule has 1 amide bonds. The standard InChI is InChI=1S/C15H20ClNO2/c1-19-13-8-6-7-12(11-13)14(16)15(18)17-9-4-2-3-5-10-17/h6-8,11,14H,2-5,9-10H2,1H3. The van der Waals surface area contributed by atoms with Gasteiger partial charge in [-0.05, 0) is 30.5 Å². The average Bonchev–Trinajstić information content (AvgIpc) is 2.75. The lowest BCUT2D eigenvalue weighted by Crippen LogP contribution is -2.34. The largest absolute Gasteiger partial charge is 0.497 e. The quantitative estimate of drug-likeness (QED) is 0.795. The van der Waals surface area contributed by atoms with Crippen LogP contribution in [0.5, 0.6) is 5.75 Å². The minimum atomic E-state index is -0.617. The van der Waals surface area contributed by atoms with Crippen LogP contribution in [-0.4, -0.2) is 31.0 Å². The maximum atomic E-state index is 12.4. The monoisotopic (exact) mass is 281 g/mol. The van der Waals surface area contributed by atoms with E-state index in [0.717, 1.165) is 37.2 Å². The molecule has 1 unspecified atom stereocenters. The van der Waals surface area contributed by atoms with E-state index in [9.17, 15) is 4.79 Å². The van der Waals surface area contributed by atoms with Gasteiger partial charge in [0.1, 0.15) is 11.1 Å². The molecule has 4 heteroatoms. The molecule has 0 saturated carbocycles. The number of benzene rings is 1. The molecule has 1 aliphatic heterocycles. The molecule has 104 valence electrons. The van der Waals surface area contributed by atoms with E-state index in [2.05, 4.69) is 0 Å². The van der Waals surface area contributed by atoms with E-state index in [4.69, 9.17) is 16.3 Å². The van der Waals surface area contributed by atoms with Gasteiger partial charge in [-0.1, -0.05) is 25.0 Å². The Hall–Kier alpha value is -1.22. The maximum absolute atomic E-state index is 12.4. The summed E-state index contributed by atoms with van der Waals surface area (Å²) in [7, 11) is 1.61. The van der Waals surface area contributed by atoms with Gasteiger partial charge in [0.15, 0.2) is 0 Å². The van der Waals surface area contributed by atoms with Crippen molar-refractivity contribution in [2.45, 2.75) is 31.1 Å². The van der Waals surface area contributed by atoms with Crippen LogP contribution in [0.2, 0.25) is 0 Å². The Morgan fingerprint density at radius 3 is 2.58 bits per heavy atom. The summed E-state index contributed by atoms with van der Waals surface area (Å²) in [6, 6.07) is 7.41. The van der Waals surface area contributed by atoms with Gasteiger partial charge in [-0.2, -0.15) is 0 Å². The third-order valence-electron chi connectivity index (χ3n) is 3.52. The van der Waals surface area contributed by atoms with Gasteiger partial charge >= 0.3 is 0 Å². The van der Waals surface area contributed by atoms with E-state index in [-0.39, 0.29) is 5.91 Å². The number of rotatable bonds is 3. The lowest BCUT2D eigenvalue weighted by atomic mass is 10.1. The number of hydrogen-bond acceptors (Lipinski definition) is 2. The number of ether oxygens (including phenoxy) is 1. The molecule has 0 N–H and O–H groups in total. The van der Waals surface area contributed by atoms with E-state index in [0.29, 0.717) is 0 Å². The molecule has 1 aromatic carbocycles. The highest BCUT2D eigenvalue weighted by molar-refractivity contribution is 6.30. The van der Waals surface area contributed by atoms with Crippen molar-refractivity contribution < 1.29 is 9.53 Å². The first-order valence-electron chi connectivity index (χ1n) is 6.79. The number of carbonyl (C=O) groups is 1. The zero-order valence-corrected chi connectivity index (χ0v) is 12.0. The van der Waals surface area contributed by atoms with Gasteiger partial charge in [0.2, 0.25) is 5.91 Å². The maximum Gasteiger partial charge on any atom is 0.245 e. The number of hydrogen-bond donors (Lipinski definition) is 0. The number of amides is 1. The fraction of sp³-hybridized carbons (Fsp3) is 0.533. The van der Waals surface area contributed by atoms with E-state index < -0.39 is 5.38 Å². The molecule has 0 aliphatic carbocycles. The van der Waals surface area contributed by atoms with Crippen molar-refractivity contribution in [3.8, 4) is 5.75 Å². The van der Waals surface area contributed by atoms with Gasteiger partial charge in [-0.25, -0.2) is 0 Å². The van der Waals surface area contributed by atoms with Crippen LogP contribution in [0.4, 0.5) is 0 Å². The number of methoxy groups -OCH3 is 1. The number of carbonyl (C=O) groups excluding carboxylic acids is 1. The first-order valence-corrected chi connectivity index (χ1v) is 7.23. The molecule has 19 heavy (non-hydrogen) atoms. The number of likely N-dealkylation sites (tertiary alicyclic amines) is 1. The zero-order valence-electron chi connectivity index (χ0n) is 11.3. The minimum Gasteiger partial charge on any atom is -0.497 e. The summed E-state index contributed by atoms with van der Waals surface area (Å²) < 4.78 is 5.17. The summed E-state index contributed by atoms with van der Waals surface area (Å²) in [5, 5.41) is -0.617. The van der Waals surface area contributed by atoms with E-state index in [1.54, 1.807) is 7.11 Å². The van der Waals surface area contributed by atoms with Gasteiger partial charge in [0.25, 0.3) is 0 Å². The lowest BCUT2D eigenvalue weighted by Gasteiger charge is -2.23. The molecule has 0 spiro atoms. The molecule has 0 radical (unpaired) electrons. The van der Waals surface area contributed by atoms with Crippen LogP contribution in [0.25, 0.3) is 0 Å². The predicted octanol–water partition coefficient (Wildman–Crippen LogP) is 3.38. The van der Waals surface area contributed by atoms with Gasteiger partial charge in [-0.15, -0.1) is 11.6 Å². The second kappa shape index (κ2) is 6.80. The molecule has 1 heterocycles. The summed E-state index contributed by atoms with van der Waals surface area (Å²) in [4.78, 5) is 14.3. The molecule has 3 nitrogen and oxygen atoms in total. The normalized spacial score (nSPS) is 17.7. The highest BCUT2D eigenvalue weighted by atomic mass is 35.5. The number of alkyl halides is 1. The summed E-state index contributed by atoms with van der Waals surface area (Å²) in [5.41, 5.74) is 0.801. The van der Waals surface area contributed by atoms with Gasteiger partial charge in [0.05, 0.1) is 7.11 Å². The molecule has 1 saturated heterocycles. The minimum absolute atomic E-state index is 0.0109. The van der Waals surface area contributed by atoms with E-state index >= 15 is 0 Å². The fourth-order valence-electron chi connectivity index (χ4n) is 2.39. The smallest absolute Gasteiger partial charge is 0.245 e. The average molecular weight is 282 g/mol. The summed E-state index contributed by atoms with van der Waals surface area (Å²) >= 11 is 6.33. The van der Waals surface area contributed by atoms with Gasteiger partial charge in [-0.3, -0.25) is 4.79 Å². The summed E-state index contributed by atoms with van der Waals surface area (Å²) in [6.45, 7) is 1.65. The third-order valence-corrected chi connectivity index (χ3v) is 3.96. The Labute approximate surface area is 119 Å². The van der Waals surface area contributed by atoms with Gasteiger partial charge < -0.3 is 9.64 Å². The second-order valence-corrected chi connectivity index (χ2v) is 5.32. The lowest BCUT2D eigenvalue weighted by molar-refractivity contribution is -0.130. The Morgan fingerprint density at radius 1 is 1.26 bits per heavy atom. The van der Waals surface area contributed by atoms with Crippen molar-refractivity contribution in [1.82, 2.24) is 4.90 Å². The highest BCUT2D eigenvalue weighted by Gasteiger charge is 2.24. The molecule has 1 aromatic rings. The first kappa shape index (κ1) is 14.2. The number of halogens is 1. The molecule has 2 rings (SSSR count). The predicted molar refractivity (Wildman–Crippen MR) is 76.6 cm³/mol. The van der Waals surface area contributed by atoms with E-state index in [1.807, 2.05) is 29.2 Å². The van der Waals surface area contributed by atoms with Crippen LogP contribution in [0.15, 0.2) is 24.3 Å². The van der Waals surface area contributed by atoms with Crippen molar-refractivity contribution in [3.05, 3.63) is 29.8 Å². The van der Waals surface area contributed by atoms with Crippen molar-refractivity contribution in [1.29, 1.82) is 0 Å².